The summed E-state index contributed by atoms with van der Waals surface area (Å²) in [4.78, 5) is 24.8. The van der Waals surface area contributed by atoms with Crippen LogP contribution < -0.4 is 0 Å². The van der Waals surface area contributed by atoms with Crippen LogP contribution in [0.2, 0.25) is 0 Å². The number of carbonyl (C=O) groups excluding carboxylic acids is 1. The molecule has 0 aromatic rings. The van der Waals surface area contributed by atoms with Crippen molar-refractivity contribution < 1.29 is 19.4 Å². The van der Waals surface area contributed by atoms with Gasteiger partial charge < -0.3 is 14.7 Å². The summed E-state index contributed by atoms with van der Waals surface area (Å²) in [6, 6.07) is -0.697. The fourth-order valence-corrected chi connectivity index (χ4v) is 3.28. The molecule has 0 aliphatic carbocycles. The maximum Gasteiger partial charge on any atom is 0.327 e. The minimum absolute atomic E-state index is 0.150. The Morgan fingerprint density at radius 1 is 1.47 bits per heavy atom. The van der Waals surface area contributed by atoms with E-state index in [1.807, 2.05) is 6.92 Å². The topological polar surface area (TPSA) is 66.8 Å². The molecule has 3 unspecified atom stereocenters. The number of hydrogen-bond donors (Lipinski definition) is 1. The molecule has 0 saturated carbocycles. The Bertz CT molecular complexity index is 323. The SMILES string of the molecule is CC1CCOC1C(=O)N1CCSCC1C(=O)O. The second kappa shape index (κ2) is 5.27. The van der Waals surface area contributed by atoms with Gasteiger partial charge in [-0.3, -0.25) is 4.79 Å². The van der Waals surface area contributed by atoms with Crippen molar-refractivity contribution in [1.82, 2.24) is 4.90 Å². The van der Waals surface area contributed by atoms with Crippen LogP contribution in [0.5, 0.6) is 0 Å². The van der Waals surface area contributed by atoms with E-state index in [0.717, 1.165) is 12.2 Å². The van der Waals surface area contributed by atoms with Gasteiger partial charge in [-0.1, -0.05) is 6.92 Å². The fourth-order valence-electron chi connectivity index (χ4n) is 2.25. The van der Waals surface area contributed by atoms with Gasteiger partial charge in [-0.25, -0.2) is 4.79 Å². The molecule has 0 bridgehead atoms. The van der Waals surface area contributed by atoms with Gasteiger partial charge in [0.15, 0.2) is 0 Å². The Morgan fingerprint density at radius 2 is 2.24 bits per heavy atom. The molecule has 17 heavy (non-hydrogen) atoms. The van der Waals surface area contributed by atoms with Gasteiger partial charge in [-0.2, -0.15) is 11.8 Å². The monoisotopic (exact) mass is 259 g/mol. The molecule has 96 valence electrons. The largest absolute Gasteiger partial charge is 0.480 e. The van der Waals surface area contributed by atoms with Crippen LogP contribution in [0.3, 0.4) is 0 Å². The van der Waals surface area contributed by atoms with E-state index in [0.29, 0.717) is 18.9 Å². The first-order chi connectivity index (χ1) is 8.11. The number of carbonyl (C=O) groups is 2. The van der Waals surface area contributed by atoms with E-state index in [2.05, 4.69) is 0 Å². The van der Waals surface area contributed by atoms with Crippen molar-refractivity contribution in [3.8, 4) is 0 Å². The maximum atomic E-state index is 12.3. The number of ether oxygens (including phenoxy) is 1. The smallest absolute Gasteiger partial charge is 0.327 e. The van der Waals surface area contributed by atoms with Crippen LogP contribution in [0.4, 0.5) is 0 Å². The Balaban J connectivity index is 2.08. The summed E-state index contributed by atoms with van der Waals surface area (Å²) in [5, 5.41) is 9.12. The molecule has 6 heteroatoms. The molecule has 0 spiro atoms. The normalized spacial score (nSPS) is 33.7. The highest BCUT2D eigenvalue weighted by atomic mass is 32.2. The van der Waals surface area contributed by atoms with Gasteiger partial charge in [-0.15, -0.1) is 0 Å². The highest BCUT2D eigenvalue weighted by Crippen LogP contribution is 2.25. The van der Waals surface area contributed by atoms with Gasteiger partial charge in [0.2, 0.25) is 0 Å². The quantitative estimate of drug-likeness (QED) is 0.779. The number of aliphatic carboxylic acids is 1. The predicted octanol–water partition coefficient (Wildman–Crippen LogP) is 0.440. The fraction of sp³-hybridized carbons (Fsp3) is 0.818. The zero-order valence-corrected chi connectivity index (χ0v) is 10.6. The molecule has 3 atom stereocenters. The second-order valence-electron chi connectivity index (χ2n) is 4.52. The summed E-state index contributed by atoms with van der Waals surface area (Å²) in [5.41, 5.74) is 0. The van der Waals surface area contributed by atoms with Gasteiger partial charge in [0.1, 0.15) is 12.1 Å². The van der Waals surface area contributed by atoms with Crippen molar-refractivity contribution in [2.45, 2.75) is 25.5 Å². The Morgan fingerprint density at radius 3 is 2.82 bits per heavy atom. The summed E-state index contributed by atoms with van der Waals surface area (Å²) >= 11 is 1.58. The van der Waals surface area contributed by atoms with Crippen molar-refractivity contribution in [3.05, 3.63) is 0 Å². The van der Waals surface area contributed by atoms with Gasteiger partial charge in [0.05, 0.1) is 0 Å². The Hall–Kier alpha value is -0.750. The van der Waals surface area contributed by atoms with E-state index in [4.69, 9.17) is 9.84 Å². The number of thioether (sulfide) groups is 1. The summed E-state index contributed by atoms with van der Waals surface area (Å²) < 4.78 is 5.42. The van der Waals surface area contributed by atoms with Crippen LogP contribution in [-0.4, -0.2) is 58.7 Å². The van der Waals surface area contributed by atoms with Crippen LogP contribution in [0.25, 0.3) is 0 Å². The molecule has 1 amide bonds. The molecule has 2 saturated heterocycles. The minimum atomic E-state index is -0.920. The third-order valence-electron chi connectivity index (χ3n) is 3.33. The van der Waals surface area contributed by atoms with Gasteiger partial charge >= 0.3 is 5.97 Å². The molecular formula is C11H17NO4S. The molecule has 2 aliphatic heterocycles. The van der Waals surface area contributed by atoms with Gasteiger partial charge in [0.25, 0.3) is 5.91 Å². The van der Waals surface area contributed by atoms with Crippen LogP contribution in [0.1, 0.15) is 13.3 Å². The molecule has 2 aliphatic rings. The first-order valence-electron chi connectivity index (χ1n) is 5.84. The van der Waals surface area contributed by atoms with Crippen LogP contribution in [-0.2, 0) is 14.3 Å². The van der Waals surface area contributed by atoms with Gasteiger partial charge in [0, 0.05) is 24.7 Å². The molecule has 5 nitrogen and oxygen atoms in total. The van der Waals surface area contributed by atoms with Crippen molar-refractivity contribution in [1.29, 1.82) is 0 Å². The number of rotatable bonds is 2. The molecular weight excluding hydrogens is 242 g/mol. The zero-order valence-electron chi connectivity index (χ0n) is 9.80. The highest BCUT2D eigenvalue weighted by Gasteiger charge is 2.39. The van der Waals surface area contributed by atoms with E-state index in [-0.39, 0.29) is 11.8 Å². The van der Waals surface area contributed by atoms with Crippen molar-refractivity contribution in [3.63, 3.8) is 0 Å². The lowest BCUT2D eigenvalue weighted by Gasteiger charge is -2.34. The lowest BCUT2D eigenvalue weighted by atomic mass is 10.0. The Labute approximate surface area is 104 Å². The third-order valence-corrected chi connectivity index (χ3v) is 4.35. The van der Waals surface area contributed by atoms with E-state index in [1.165, 1.54) is 4.90 Å². The summed E-state index contributed by atoms with van der Waals surface area (Å²) in [6.45, 7) is 3.08. The number of amides is 1. The summed E-state index contributed by atoms with van der Waals surface area (Å²) in [7, 11) is 0. The third kappa shape index (κ3) is 2.57. The Kier molecular flexibility index (Phi) is 3.93. The summed E-state index contributed by atoms with van der Waals surface area (Å²) in [6.07, 6.45) is 0.427. The molecule has 2 fully saturated rings. The lowest BCUT2D eigenvalue weighted by Crippen LogP contribution is -2.54. The van der Waals surface area contributed by atoms with Crippen LogP contribution >= 0.6 is 11.8 Å². The van der Waals surface area contributed by atoms with Crippen molar-refractivity contribution >= 4 is 23.6 Å². The van der Waals surface area contributed by atoms with Crippen molar-refractivity contribution in [2.24, 2.45) is 5.92 Å². The van der Waals surface area contributed by atoms with E-state index in [1.54, 1.807) is 11.8 Å². The highest BCUT2D eigenvalue weighted by molar-refractivity contribution is 7.99. The molecule has 2 heterocycles. The van der Waals surface area contributed by atoms with Crippen molar-refractivity contribution in [2.75, 3.05) is 24.7 Å². The molecule has 1 N–H and O–H groups in total. The number of carboxylic acids is 1. The first-order valence-corrected chi connectivity index (χ1v) is 6.99. The standard InChI is InChI=1S/C11H17NO4S/c1-7-2-4-16-9(7)10(13)12-3-5-17-6-8(12)11(14)15/h7-9H,2-6H2,1H3,(H,14,15). The predicted molar refractivity (Wildman–Crippen MR) is 64.0 cm³/mol. The van der Waals surface area contributed by atoms with E-state index < -0.39 is 18.1 Å². The molecule has 0 aromatic heterocycles. The summed E-state index contributed by atoms with van der Waals surface area (Å²) in [5.74, 6) is 0.393. The van der Waals surface area contributed by atoms with E-state index >= 15 is 0 Å². The average Bonchev–Trinajstić information content (AvgIpc) is 2.74. The van der Waals surface area contributed by atoms with E-state index in [9.17, 15) is 9.59 Å². The molecule has 2 rings (SSSR count). The minimum Gasteiger partial charge on any atom is -0.480 e. The van der Waals surface area contributed by atoms with Crippen LogP contribution in [0, 0.1) is 5.92 Å². The maximum absolute atomic E-state index is 12.3. The number of carboxylic acid groups (broad SMARTS) is 1. The number of hydrogen-bond acceptors (Lipinski definition) is 4. The van der Waals surface area contributed by atoms with Gasteiger partial charge in [-0.05, 0) is 12.3 Å². The molecule has 0 aromatic carbocycles. The van der Waals surface area contributed by atoms with Crippen LogP contribution in [0.15, 0.2) is 0 Å². The average molecular weight is 259 g/mol. The lowest BCUT2D eigenvalue weighted by molar-refractivity contribution is -0.154. The second-order valence-corrected chi connectivity index (χ2v) is 5.67. The molecule has 0 radical (unpaired) electrons. The number of nitrogens with zero attached hydrogens (tertiary/aromatic N) is 1. The first kappa shape index (κ1) is 12.7. The zero-order chi connectivity index (χ0) is 12.4.